The van der Waals surface area contributed by atoms with Crippen LogP contribution < -0.4 is 10.0 Å². The first-order valence-electron chi connectivity index (χ1n) is 7.03. The minimum Gasteiger partial charge on any atom is -0.381 e. The van der Waals surface area contributed by atoms with Crippen molar-refractivity contribution in [2.45, 2.75) is 24.3 Å². The summed E-state index contributed by atoms with van der Waals surface area (Å²) in [5.41, 5.74) is 0.937. The summed E-state index contributed by atoms with van der Waals surface area (Å²) in [5, 5.41) is 3.02. The molecule has 0 aliphatic carbocycles. The molecule has 7 heteroatoms. The third kappa shape index (κ3) is 4.75. The van der Waals surface area contributed by atoms with Crippen molar-refractivity contribution in [3.8, 4) is 0 Å². The number of rotatable bonds is 6. The van der Waals surface area contributed by atoms with E-state index >= 15 is 0 Å². The summed E-state index contributed by atoms with van der Waals surface area (Å²) in [6, 6.07) is 5.38. The maximum Gasteiger partial charge on any atom is 0.241 e. The van der Waals surface area contributed by atoms with Gasteiger partial charge in [0.1, 0.15) is 0 Å². The van der Waals surface area contributed by atoms with Gasteiger partial charge in [0.25, 0.3) is 0 Å². The second kappa shape index (κ2) is 7.69. The maximum absolute atomic E-state index is 12.5. The minimum atomic E-state index is -3.50. The molecule has 0 unspecified atom stereocenters. The van der Waals surface area contributed by atoms with Crippen LogP contribution in [0.1, 0.15) is 18.4 Å². The van der Waals surface area contributed by atoms with Crippen molar-refractivity contribution in [1.82, 2.24) is 10.0 Å². The lowest BCUT2D eigenvalue weighted by molar-refractivity contribution is 0.0678. The first-order valence-corrected chi connectivity index (χ1v) is 9.31. The Balaban J connectivity index is 2.08. The van der Waals surface area contributed by atoms with Gasteiger partial charge in [-0.15, -0.1) is 0 Å². The van der Waals surface area contributed by atoms with E-state index in [9.17, 15) is 8.42 Å². The molecular formula is C14H21BrN2O3S. The second-order valence-electron chi connectivity index (χ2n) is 5.20. The lowest BCUT2D eigenvalue weighted by atomic mass is 10.0. The number of hydrogen-bond donors (Lipinski definition) is 2. The summed E-state index contributed by atoms with van der Waals surface area (Å²) < 4.78 is 33.5. The van der Waals surface area contributed by atoms with E-state index < -0.39 is 10.0 Å². The van der Waals surface area contributed by atoms with Gasteiger partial charge in [-0.2, -0.15) is 0 Å². The van der Waals surface area contributed by atoms with Crippen molar-refractivity contribution < 1.29 is 13.2 Å². The molecule has 5 nitrogen and oxygen atoms in total. The molecule has 0 aromatic heterocycles. The first-order chi connectivity index (χ1) is 10.0. The van der Waals surface area contributed by atoms with Crippen LogP contribution in [0.2, 0.25) is 0 Å². The second-order valence-corrected chi connectivity index (χ2v) is 7.79. The summed E-state index contributed by atoms with van der Waals surface area (Å²) in [5.74, 6) is 0.354. The molecule has 2 rings (SSSR count). The Morgan fingerprint density at radius 3 is 2.71 bits per heavy atom. The van der Waals surface area contributed by atoms with Crippen LogP contribution in [0.25, 0.3) is 0 Å². The Kier molecular flexibility index (Phi) is 6.19. The number of nitrogens with one attached hydrogen (secondary N) is 2. The fraction of sp³-hybridized carbons (Fsp3) is 0.571. The maximum atomic E-state index is 12.5. The van der Waals surface area contributed by atoms with E-state index in [1.807, 2.05) is 13.1 Å². The molecule has 1 heterocycles. The first kappa shape index (κ1) is 16.9. The Hall–Kier alpha value is -0.470. The van der Waals surface area contributed by atoms with Crippen LogP contribution in [-0.2, 0) is 21.3 Å². The van der Waals surface area contributed by atoms with Gasteiger partial charge < -0.3 is 10.1 Å². The van der Waals surface area contributed by atoms with Crippen LogP contribution in [0.4, 0.5) is 0 Å². The van der Waals surface area contributed by atoms with Crippen LogP contribution in [0.15, 0.2) is 27.6 Å². The molecule has 21 heavy (non-hydrogen) atoms. The van der Waals surface area contributed by atoms with Crippen LogP contribution >= 0.6 is 15.9 Å². The quantitative estimate of drug-likeness (QED) is 0.795. The molecule has 0 atom stereocenters. The summed E-state index contributed by atoms with van der Waals surface area (Å²) in [4.78, 5) is 0.294. The highest BCUT2D eigenvalue weighted by molar-refractivity contribution is 9.10. The van der Waals surface area contributed by atoms with E-state index in [1.54, 1.807) is 12.1 Å². The molecule has 0 spiro atoms. The van der Waals surface area contributed by atoms with Crippen LogP contribution in [-0.4, -0.2) is 35.2 Å². The molecule has 0 saturated carbocycles. The Bertz CT molecular complexity index is 572. The minimum absolute atomic E-state index is 0.294. The summed E-state index contributed by atoms with van der Waals surface area (Å²) in [6.45, 7) is 2.53. The average Bonchev–Trinajstić information content (AvgIpc) is 2.48. The van der Waals surface area contributed by atoms with E-state index in [1.165, 1.54) is 0 Å². The van der Waals surface area contributed by atoms with Crippen molar-refractivity contribution in [2.24, 2.45) is 5.92 Å². The van der Waals surface area contributed by atoms with Gasteiger partial charge in [0.05, 0.1) is 4.90 Å². The highest BCUT2D eigenvalue weighted by Gasteiger charge is 2.21. The smallest absolute Gasteiger partial charge is 0.241 e. The molecule has 1 fully saturated rings. The lowest BCUT2D eigenvalue weighted by Crippen LogP contribution is -2.32. The average molecular weight is 377 g/mol. The fourth-order valence-corrected chi connectivity index (χ4v) is 4.45. The predicted molar refractivity (Wildman–Crippen MR) is 85.6 cm³/mol. The van der Waals surface area contributed by atoms with Gasteiger partial charge in [-0.1, -0.05) is 6.07 Å². The summed E-state index contributed by atoms with van der Waals surface area (Å²) >= 11 is 3.32. The molecule has 1 aromatic carbocycles. The van der Waals surface area contributed by atoms with Crippen LogP contribution in [0, 0.1) is 5.92 Å². The largest absolute Gasteiger partial charge is 0.381 e. The van der Waals surface area contributed by atoms with Crippen LogP contribution in [0.3, 0.4) is 0 Å². The highest BCUT2D eigenvalue weighted by atomic mass is 79.9. The summed E-state index contributed by atoms with van der Waals surface area (Å²) in [7, 11) is -1.66. The van der Waals surface area contributed by atoms with Crippen LogP contribution in [0.5, 0.6) is 0 Å². The van der Waals surface area contributed by atoms with E-state index in [2.05, 4.69) is 26.0 Å². The van der Waals surface area contributed by atoms with E-state index in [0.29, 0.717) is 41.6 Å². The molecule has 2 N–H and O–H groups in total. The molecule has 1 aliphatic heterocycles. The predicted octanol–water partition coefficient (Wildman–Crippen LogP) is 1.87. The highest BCUT2D eigenvalue weighted by Crippen LogP contribution is 2.24. The SMILES string of the molecule is CNCc1ccc(Br)c(S(=O)(=O)NCC2CCOCC2)c1. The zero-order valence-electron chi connectivity index (χ0n) is 12.1. The Morgan fingerprint density at radius 2 is 2.05 bits per heavy atom. The van der Waals surface area contributed by atoms with Crippen molar-refractivity contribution in [1.29, 1.82) is 0 Å². The standard InChI is InChI=1S/C14H21BrN2O3S/c1-16-9-12-2-3-13(15)14(8-12)21(18,19)17-10-11-4-6-20-7-5-11/h2-3,8,11,16-17H,4-7,9-10H2,1H3. The Morgan fingerprint density at radius 1 is 1.33 bits per heavy atom. The molecule has 0 bridgehead atoms. The van der Waals surface area contributed by atoms with E-state index in [4.69, 9.17) is 4.74 Å². The van der Waals surface area contributed by atoms with Gasteiger partial charge in [0.15, 0.2) is 0 Å². The number of sulfonamides is 1. The van der Waals surface area contributed by atoms with Gasteiger partial charge >= 0.3 is 0 Å². The van der Waals surface area contributed by atoms with E-state index in [-0.39, 0.29) is 0 Å². The number of hydrogen-bond acceptors (Lipinski definition) is 4. The van der Waals surface area contributed by atoms with E-state index in [0.717, 1.165) is 18.4 Å². The summed E-state index contributed by atoms with van der Waals surface area (Å²) in [6.07, 6.45) is 1.81. The molecule has 1 aliphatic rings. The van der Waals surface area contributed by atoms with Gasteiger partial charge in [0.2, 0.25) is 10.0 Å². The molecule has 0 radical (unpaired) electrons. The zero-order chi connectivity index (χ0) is 15.3. The van der Waals surface area contributed by atoms with Gasteiger partial charge in [-0.3, -0.25) is 0 Å². The molecule has 118 valence electrons. The molecule has 1 saturated heterocycles. The number of benzene rings is 1. The van der Waals surface area contributed by atoms with Gasteiger partial charge in [0, 0.05) is 30.8 Å². The molecular weight excluding hydrogens is 356 g/mol. The zero-order valence-corrected chi connectivity index (χ0v) is 14.5. The lowest BCUT2D eigenvalue weighted by Gasteiger charge is -2.22. The number of ether oxygens (including phenoxy) is 1. The Labute approximate surface area is 134 Å². The van der Waals surface area contributed by atoms with Crippen molar-refractivity contribution in [2.75, 3.05) is 26.8 Å². The molecule has 0 amide bonds. The van der Waals surface area contributed by atoms with Crippen molar-refractivity contribution in [3.05, 3.63) is 28.2 Å². The monoisotopic (exact) mass is 376 g/mol. The van der Waals surface area contributed by atoms with Crippen molar-refractivity contribution in [3.63, 3.8) is 0 Å². The third-order valence-electron chi connectivity index (χ3n) is 3.57. The van der Waals surface area contributed by atoms with Crippen molar-refractivity contribution >= 4 is 26.0 Å². The topological polar surface area (TPSA) is 67.4 Å². The normalized spacial score (nSPS) is 17.0. The number of halogens is 1. The third-order valence-corrected chi connectivity index (χ3v) is 5.99. The molecule has 1 aromatic rings. The van der Waals surface area contributed by atoms with Gasteiger partial charge in [-0.05, 0) is 59.4 Å². The fourth-order valence-electron chi connectivity index (χ4n) is 2.32. The van der Waals surface area contributed by atoms with Gasteiger partial charge in [-0.25, -0.2) is 13.1 Å².